The fourth-order valence-corrected chi connectivity index (χ4v) is 9.07. The van der Waals surface area contributed by atoms with Gasteiger partial charge in [0.25, 0.3) is 0 Å². The lowest BCUT2D eigenvalue weighted by Crippen LogP contribution is -2.43. The van der Waals surface area contributed by atoms with Gasteiger partial charge in [-0.05, 0) is 61.0 Å². The Labute approximate surface area is 297 Å². The predicted octanol–water partition coefficient (Wildman–Crippen LogP) is 11.3. The molecule has 51 heavy (non-hydrogen) atoms. The summed E-state index contributed by atoms with van der Waals surface area (Å²) in [4.78, 5) is 10.2. The number of allylic oxidation sites excluding steroid dienone is 3. The second kappa shape index (κ2) is 11.1. The van der Waals surface area contributed by atoms with Crippen LogP contribution in [-0.2, 0) is 0 Å². The molecule has 6 aromatic carbocycles. The molecule has 0 saturated heterocycles. The summed E-state index contributed by atoms with van der Waals surface area (Å²) < 4.78 is 11.4. The Hall–Kier alpha value is -6.24. The Bertz CT molecular complexity index is 2940. The number of furan rings is 1. The van der Waals surface area contributed by atoms with E-state index >= 15 is 0 Å². The van der Waals surface area contributed by atoms with Crippen molar-refractivity contribution in [3.05, 3.63) is 163 Å². The number of para-hydroxylation sites is 2. The molecule has 0 saturated carbocycles. The van der Waals surface area contributed by atoms with Crippen LogP contribution >= 0.6 is 11.3 Å². The molecule has 0 radical (unpaired) electrons. The Kier molecular flexibility index (Phi) is 6.24. The van der Waals surface area contributed by atoms with Crippen molar-refractivity contribution in [2.75, 3.05) is 0 Å². The molecular weight excluding hydrogens is 645 g/mol. The van der Waals surface area contributed by atoms with Gasteiger partial charge in [-0.25, -0.2) is 9.98 Å². The third-order valence-electron chi connectivity index (χ3n) is 10.4. The van der Waals surface area contributed by atoms with E-state index < -0.39 is 0 Å². The van der Waals surface area contributed by atoms with Crippen molar-refractivity contribution in [3.8, 4) is 5.69 Å². The lowest BCUT2D eigenvalue weighted by molar-refractivity contribution is 0.475. The van der Waals surface area contributed by atoms with E-state index in [9.17, 15) is 0 Å². The molecule has 1 aliphatic carbocycles. The summed E-state index contributed by atoms with van der Waals surface area (Å²) >= 11 is 1.80. The van der Waals surface area contributed by atoms with Crippen LogP contribution < -0.4 is 5.32 Å². The van der Waals surface area contributed by atoms with Crippen molar-refractivity contribution in [2.45, 2.75) is 12.6 Å². The van der Waals surface area contributed by atoms with Gasteiger partial charge in [0.2, 0.25) is 0 Å². The average molecular weight is 675 g/mol. The molecule has 0 fully saturated rings. The highest BCUT2D eigenvalue weighted by Crippen LogP contribution is 2.43. The first-order valence-corrected chi connectivity index (χ1v) is 18.2. The zero-order valence-electron chi connectivity index (χ0n) is 27.5. The number of benzene rings is 6. The highest BCUT2D eigenvalue weighted by Gasteiger charge is 2.26. The molecule has 242 valence electrons. The van der Waals surface area contributed by atoms with Gasteiger partial charge in [-0.3, -0.25) is 0 Å². The van der Waals surface area contributed by atoms with Crippen LogP contribution in [0.1, 0.15) is 17.5 Å². The normalized spacial score (nSPS) is 17.6. The molecule has 0 spiro atoms. The SMILES string of the molecule is C1=CCC(C2N=C(c3ccccc3)N=C(c3ccc4sc5cc6oc7cccc(-n8c9ccccc9c9ccccc98)c7c6cc5c4c3)N2)C=C1. The molecule has 5 nitrogen and oxygen atoms in total. The van der Waals surface area contributed by atoms with Gasteiger partial charge in [-0.15, -0.1) is 11.3 Å². The molecule has 0 amide bonds. The monoisotopic (exact) mass is 674 g/mol. The maximum atomic E-state index is 6.60. The number of aromatic nitrogens is 1. The van der Waals surface area contributed by atoms with Crippen LogP contribution in [0.4, 0.5) is 0 Å². The molecule has 2 unspecified atom stereocenters. The molecule has 4 heterocycles. The minimum atomic E-state index is -0.111. The lowest BCUT2D eigenvalue weighted by Gasteiger charge is -2.28. The minimum Gasteiger partial charge on any atom is -0.456 e. The fraction of sp³-hybridized carbons (Fsp3) is 0.0667. The van der Waals surface area contributed by atoms with E-state index in [4.69, 9.17) is 14.4 Å². The highest BCUT2D eigenvalue weighted by atomic mass is 32.1. The van der Waals surface area contributed by atoms with E-state index in [1.807, 2.05) is 18.2 Å². The topological polar surface area (TPSA) is 54.8 Å². The Balaban J connectivity index is 1.10. The third kappa shape index (κ3) is 4.46. The van der Waals surface area contributed by atoms with E-state index in [1.54, 1.807) is 11.3 Å². The van der Waals surface area contributed by atoms with E-state index in [-0.39, 0.29) is 12.1 Å². The molecular formula is C45H30N4OS. The predicted molar refractivity (Wildman–Crippen MR) is 214 cm³/mol. The summed E-state index contributed by atoms with van der Waals surface area (Å²) in [6.45, 7) is 0. The first-order chi connectivity index (χ1) is 25.3. The number of aliphatic imine (C=N–C) groups is 2. The first kappa shape index (κ1) is 28.6. The number of amidine groups is 2. The number of hydrogen-bond acceptors (Lipinski definition) is 5. The number of hydrogen-bond donors (Lipinski definition) is 1. The Morgan fingerprint density at radius 3 is 2.24 bits per heavy atom. The van der Waals surface area contributed by atoms with Crippen LogP contribution in [0.2, 0.25) is 0 Å². The number of fused-ring (bicyclic) bond motifs is 9. The van der Waals surface area contributed by atoms with Crippen molar-refractivity contribution >= 4 is 86.9 Å². The summed E-state index contributed by atoms with van der Waals surface area (Å²) in [5.41, 5.74) is 7.35. The maximum Gasteiger partial charge on any atom is 0.159 e. The fourth-order valence-electron chi connectivity index (χ4n) is 7.98. The molecule has 1 aliphatic heterocycles. The van der Waals surface area contributed by atoms with Crippen LogP contribution in [0.15, 0.2) is 166 Å². The molecule has 2 aliphatic rings. The number of thiophene rings is 1. The van der Waals surface area contributed by atoms with Gasteiger partial charge in [-0.2, -0.15) is 0 Å². The van der Waals surface area contributed by atoms with E-state index in [0.717, 1.165) is 56.8 Å². The summed E-state index contributed by atoms with van der Waals surface area (Å²) in [5.74, 6) is 1.86. The van der Waals surface area contributed by atoms with Crippen molar-refractivity contribution in [2.24, 2.45) is 15.9 Å². The van der Waals surface area contributed by atoms with Crippen molar-refractivity contribution < 1.29 is 4.42 Å². The van der Waals surface area contributed by atoms with E-state index in [0.29, 0.717) is 0 Å². The van der Waals surface area contributed by atoms with Gasteiger partial charge in [0.05, 0.1) is 22.1 Å². The molecule has 2 atom stereocenters. The van der Waals surface area contributed by atoms with Crippen molar-refractivity contribution in [1.82, 2.24) is 9.88 Å². The number of rotatable bonds is 4. The Morgan fingerprint density at radius 2 is 1.43 bits per heavy atom. The molecule has 3 aromatic heterocycles. The van der Waals surface area contributed by atoms with Gasteiger partial charge in [-0.1, -0.05) is 97.1 Å². The highest BCUT2D eigenvalue weighted by molar-refractivity contribution is 7.25. The summed E-state index contributed by atoms with van der Waals surface area (Å²) in [5, 5.41) is 10.9. The standard InChI is InChI=1S/C45H30N4OS/c1-3-12-27(13-4-1)43-46-44(28-14-5-2-6-15-28)48-45(47-43)29-22-23-40-32(24-29)33-25-34-39(26-41(33)51-40)50-38-21-11-20-37(42(34)38)49-35-18-9-7-16-30(35)31-17-8-10-19-36(31)49/h1-14,16-26,28,44H,15H2,(H,46,47,48). The maximum absolute atomic E-state index is 6.60. The van der Waals surface area contributed by atoms with Gasteiger partial charge in [0, 0.05) is 53.4 Å². The third-order valence-corrected chi connectivity index (χ3v) is 11.5. The zero-order chi connectivity index (χ0) is 33.5. The minimum absolute atomic E-state index is 0.111. The number of nitrogens with one attached hydrogen (secondary N) is 1. The van der Waals surface area contributed by atoms with Gasteiger partial charge >= 0.3 is 0 Å². The van der Waals surface area contributed by atoms with E-state index in [1.165, 1.54) is 42.0 Å². The van der Waals surface area contributed by atoms with Crippen LogP contribution in [0.3, 0.4) is 0 Å². The Morgan fingerprint density at radius 1 is 0.647 bits per heavy atom. The lowest BCUT2D eigenvalue weighted by atomic mass is 9.96. The second-order valence-electron chi connectivity index (χ2n) is 13.4. The van der Waals surface area contributed by atoms with Crippen molar-refractivity contribution in [1.29, 1.82) is 0 Å². The summed E-state index contributed by atoms with van der Waals surface area (Å²) in [6.07, 6.45) is 9.52. The van der Waals surface area contributed by atoms with E-state index in [2.05, 4.69) is 143 Å². The summed E-state index contributed by atoms with van der Waals surface area (Å²) in [7, 11) is 0. The zero-order valence-corrected chi connectivity index (χ0v) is 28.3. The second-order valence-corrected chi connectivity index (χ2v) is 14.4. The van der Waals surface area contributed by atoms with Gasteiger partial charge < -0.3 is 14.3 Å². The van der Waals surface area contributed by atoms with Crippen LogP contribution in [0, 0.1) is 5.92 Å². The first-order valence-electron chi connectivity index (χ1n) is 17.4. The quantitative estimate of drug-likeness (QED) is 0.202. The average Bonchev–Trinajstić information content (AvgIpc) is 3.86. The smallest absolute Gasteiger partial charge is 0.159 e. The van der Waals surface area contributed by atoms with Crippen LogP contribution in [-0.4, -0.2) is 22.4 Å². The van der Waals surface area contributed by atoms with Gasteiger partial charge in [0.15, 0.2) is 5.84 Å². The van der Waals surface area contributed by atoms with Gasteiger partial charge in [0.1, 0.15) is 23.2 Å². The van der Waals surface area contributed by atoms with Crippen LogP contribution in [0.25, 0.3) is 69.6 Å². The van der Waals surface area contributed by atoms with Crippen LogP contribution in [0.5, 0.6) is 0 Å². The molecule has 9 aromatic rings. The van der Waals surface area contributed by atoms with Crippen molar-refractivity contribution in [3.63, 3.8) is 0 Å². The summed E-state index contributed by atoms with van der Waals surface area (Å²) in [6, 6.07) is 45.3. The number of nitrogens with zero attached hydrogens (tertiary/aromatic N) is 3. The molecule has 1 N–H and O–H groups in total. The molecule has 0 bridgehead atoms. The molecule has 11 rings (SSSR count). The molecule has 6 heteroatoms. The largest absolute Gasteiger partial charge is 0.456 e.